The number of nitrogens with zero attached hydrogens (tertiary/aromatic N) is 5. The third-order valence-corrected chi connectivity index (χ3v) is 16.4. The lowest BCUT2D eigenvalue weighted by molar-refractivity contribution is -0.136. The number of pyridine rings is 1. The Kier molecular flexibility index (Phi) is 10.8. The summed E-state index contributed by atoms with van der Waals surface area (Å²) in [4.78, 5) is 65.0. The molecule has 11 rings (SSSR count). The van der Waals surface area contributed by atoms with E-state index < -0.39 is 57.0 Å². The number of imide groups is 1. The summed E-state index contributed by atoms with van der Waals surface area (Å²) >= 11 is 0. The molecular formula is C49H49F3N8O6S. The molecule has 3 N–H and O–H groups in total. The summed E-state index contributed by atoms with van der Waals surface area (Å²) in [5.41, 5.74) is 4.60. The van der Waals surface area contributed by atoms with Crippen molar-refractivity contribution in [2.24, 2.45) is 11.3 Å². The van der Waals surface area contributed by atoms with Crippen molar-refractivity contribution in [3.8, 4) is 11.1 Å². The van der Waals surface area contributed by atoms with E-state index in [4.69, 9.17) is 0 Å². The lowest BCUT2D eigenvalue weighted by Crippen LogP contribution is -2.63. The van der Waals surface area contributed by atoms with Crippen LogP contribution in [0.15, 0.2) is 73.1 Å². The third-order valence-electron chi connectivity index (χ3n) is 15.0. The van der Waals surface area contributed by atoms with Crippen molar-refractivity contribution >= 4 is 56.1 Å². The van der Waals surface area contributed by atoms with Crippen molar-refractivity contribution in [2.45, 2.75) is 69.6 Å². The molecule has 348 valence electrons. The van der Waals surface area contributed by atoms with Gasteiger partial charge in [0.25, 0.3) is 5.91 Å². The standard InChI is InChI=1S/C49H49F3N8O6S/c50-34-13-16-59(25-34)67(65,66)56-40-8-7-39(51)43(44(40)52)45(62)38-22-54-46-37(38)18-32(21-53-46)29-1-4-35(5-2-29)58-26-49(27-58)19-28(20-49)23-57-14-11-30(12-15-57)31-3-6-36-33(17-31)24-60(48(36)64)41-9-10-42(61)55-47(41)63/h1-8,17-18,21-22,28,30,34,41,56H,9-16,19-20,23-27H2,(H,53,54)(H,55,61,63)/t34-,41?/m1/s1. The maximum absolute atomic E-state index is 15.8. The fourth-order valence-electron chi connectivity index (χ4n) is 11.5. The molecule has 67 heavy (non-hydrogen) atoms. The highest BCUT2D eigenvalue weighted by Gasteiger charge is 2.52. The Morgan fingerprint density at radius 3 is 2.42 bits per heavy atom. The number of alkyl halides is 1. The predicted octanol–water partition coefficient (Wildman–Crippen LogP) is 6.30. The minimum Gasteiger partial charge on any atom is -0.370 e. The number of halogens is 3. The van der Waals surface area contributed by atoms with Gasteiger partial charge in [0.2, 0.25) is 17.6 Å². The number of fused-ring (bicyclic) bond motifs is 2. The fourth-order valence-corrected chi connectivity index (χ4v) is 12.7. The molecule has 7 heterocycles. The van der Waals surface area contributed by atoms with Crippen LogP contribution in [0, 0.1) is 23.0 Å². The number of piperidine rings is 2. The fraction of sp³-hybridized carbons (Fsp3) is 0.408. The maximum Gasteiger partial charge on any atom is 0.301 e. The molecule has 3 amide bonds. The Morgan fingerprint density at radius 2 is 1.69 bits per heavy atom. The van der Waals surface area contributed by atoms with Gasteiger partial charge in [-0.1, -0.05) is 24.3 Å². The maximum atomic E-state index is 15.8. The molecule has 0 bridgehead atoms. The van der Waals surface area contributed by atoms with Crippen LogP contribution in [0.25, 0.3) is 22.2 Å². The number of aromatic amines is 1. The van der Waals surface area contributed by atoms with E-state index in [1.54, 1.807) is 17.2 Å². The van der Waals surface area contributed by atoms with Crippen molar-refractivity contribution in [1.29, 1.82) is 0 Å². The zero-order valence-electron chi connectivity index (χ0n) is 36.6. The third kappa shape index (κ3) is 7.95. The summed E-state index contributed by atoms with van der Waals surface area (Å²) in [5, 5.41) is 2.72. The number of amides is 3. The van der Waals surface area contributed by atoms with Gasteiger partial charge in [0.05, 0.1) is 11.3 Å². The lowest BCUT2D eigenvalue weighted by Gasteiger charge is -2.60. The number of anilines is 2. The van der Waals surface area contributed by atoms with Gasteiger partial charge >= 0.3 is 10.2 Å². The minimum atomic E-state index is -4.35. The molecule has 14 nitrogen and oxygen atoms in total. The van der Waals surface area contributed by atoms with Crippen LogP contribution in [0.5, 0.6) is 0 Å². The number of benzene rings is 3. The average Bonchev–Trinajstić information content (AvgIpc) is 4.02. The number of hydrogen-bond acceptors (Lipinski definition) is 9. The first kappa shape index (κ1) is 43.5. The van der Waals surface area contributed by atoms with Crippen molar-refractivity contribution in [1.82, 2.24) is 29.4 Å². The summed E-state index contributed by atoms with van der Waals surface area (Å²) in [6, 6.07) is 17.1. The first-order valence-corrected chi connectivity index (χ1v) is 24.4. The average molecular weight is 935 g/mol. The summed E-state index contributed by atoms with van der Waals surface area (Å²) in [6.07, 6.45) is 6.78. The number of carbonyl (C=O) groups excluding carboxylic acids is 4. The Morgan fingerprint density at radius 1 is 0.910 bits per heavy atom. The molecule has 18 heteroatoms. The Labute approximate surface area is 385 Å². The number of likely N-dealkylation sites (tertiary alicyclic amines) is 1. The topological polar surface area (TPSA) is 168 Å². The number of H-pyrrole nitrogens is 1. The number of aromatic nitrogens is 2. The SMILES string of the molecule is O=C1CCC(N2Cc3cc(C4CCN(CC5CC6(C5)CN(c5ccc(-c7cnc8[nH]cc(C(=O)c9c(F)ccc(NS(=O)(=O)N%10CC[C@@H](F)C%10)c9F)c8c7)cc5)C6)CC4)ccc3C2=O)C(=O)N1. The van der Waals surface area contributed by atoms with Gasteiger partial charge < -0.3 is 19.7 Å². The molecule has 4 saturated heterocycles. The Hall–Kier alpha value is -6.11. The molecule has 5 fully saturated rings. The zero-order valence-corrected chi connectivity index (χ0v) is 37.4. The molecule has 5 aromatic rings. The van der Waals surface area contributed by atoms with Crippen LogP contribution >= 0.6 is 0 Å². The Bertz CT molecular complexity index is 2960. The minimum absolute atomic E-state index is 0.00640. The highest BCUT2D eigenvalue weighted by Crippen LogP contribution is 2.53. The molecule has 6 aliphatic rings. The molecular weight excluding hydrogens is 886 g/mol. The van der Waals surface area contributed by atoms with E-state index in [2.05, 4.69) is 49.4 Å². The number of nitrogens with one attached hydrogen (secondary N) is 3. The van der Waals surface area contributed by atoms with E-state index in [1.807, 2.05) is 22.9 Å². The van der Waals surface area contributed by atoms with Crippen molar-refractivity contribution in [3.05, 3.63) is 113 Å². The molecule has 1 saturated carbocycles. The first-order valence-electron chi connectivity index (χ1n) is 23.0. The van der Waals surface area contributed by atoms with E-state index in [0.717, 1.165) is 78.8 Å². The molecule has 1 spiro atoms. The van der Waals surface area contributed by atoms with E-state index >= 15 is 8.78 Å². The highest BCUT2D eigenvalue weighted by molar-refractivity contribution is 7.90. The molecule has 2 aromatic heterocycles. The van der Waals surface area contributed by atoms with Crippen LogP contribution in [0.4, 0.5) is 24.5 Å². The van der Waals surface area contributed by atoms with Crippen molar-refractivity contribution in [2.75, 3.05) is 55.4 Å². The second-order valence-electron chi connectivity index (χ2n) is 19.4. The summed E-state index contributed by atoms with van der Waals surface area (Å²) in [5.74, 6) is -3.25. The van der Waals surface area contributed by atoms with Crippen molar-refractivity contribution < 1.29 is 40.8 Å². The van der Waals surface area contributed by atoms with Crippen LogP contribution in [0.1, 0.15) is 88.3 Å². The lowest BCUT2D eigenvalue weighted by atomic mass is 9.57. The number of ketones is 1. The normalized spacial score (nSPS) is 22.6. The van der Waals surface area contributed by atoms with Gasteiger partial charge in [-0.05, 0) is 117 Å². The predicted molar refractivity (Wildman–Crippen MR) is 243 cm³/mol. The van der Waals surface area contributed by atoms with Crippen LogP contribution in [0.2, 0.25) is 0 Å². The largest absolute Gasteiger partial charge is 0.370 e. The molecule has 1 aliphatic carbocycles. The summed E-state index contributed by atoms with van der Waals surface area (Å²) in [7, 11) is -4.35. The van der Waals surface area contributed by atoms with Crippen LogP contribution in [-0.2, 0) is 26.3 Å². The number of rotatable bonds is 11. The van der Waals surface area contributed by atoms with Gasteiger partial charge in [-0.2, -0.15) is 12.7 Å². The zero-order chi connectivity index (χ0) is 46.4. The van der Waals surface area contributed by atoms with Crippen molar-refractivity contribution in [3.63, 3.8) is 0 Å². The monoisotopic (exact) mass is 934 g/mol. The molecule has 2 atom stereocenters. The van der Waals surface area contributed by atoms with Gasteiger partial charge in [0.1, 0.15) is 23.7 Å². The number of carbonyl (C=O) groups is 4. The van der Waals surface area contributed by atoms with E-state index in [1.165, 1.54) is 24.6 Å². The van der Waals surface area contributed by atoms with Gasteiger partial charge in [-0.25, -0.2) is 18.2 Å². The van der Waals surface area contributed by atoms with E-state index in [0.29, 0.717) is 52.4 Å². The highest BCUT2D eigenvalue weighted by atomic mass is 32.2. The quantitative estimate of drug-likeness (QED) is 0.102. The van der Waals surface area contributed by atoms with E-state index in [9.17, 15) is 32.0 Å². The number of hydrogen-bond donors (Lipinski definition) is 3. The summed E-state index contributed by atoms with van der Waals surface area (Å²) in [6.45, 7) is 5.10. The second-order valence-corrected chi connectivity index (χ2v) is 21.0. The van der Waals surface area contributed by atoms with Gasteiger partial charge in [-0.15, -0.1) is 0 Å². The molecule has 1 unspecified atom stereocenters. The smallest absolute Gasteiger partial charge is 0.301 e. The van der Waals surface area contributed by atoms with Gasteiger partial charge in [-0.3, -0.25) is 29.2 Å². The van der Waals surface area contributed by atoms with Crippen LogP contribution in [0.3, 0.4) is 0 Å². The summed E-state index contributed by atoms with van der Waals surface area (Å²) < 4.78 is 73.1. The molecule has 5 aliphatic heterocycles. The Balaban J connectivity index is 0.671. The van der Waals surface area contributed by atoms with Gasteiger partial charge in [0, 0.05) is 91.3 Å². The van der Waals surface area contributed by atoms with Gasteiger partial charge in [0.15, 0.2) is 5.82 Å². The van der Waals surface area contributed by atoms with E-state index in [-0.39, 0.29) is 43.3 Å². The molecule has 0 radical (unpaired) electrons. The molecule has 3 aromatic carbocycles. The second kappa shape index (κ2) is 16.6. The van der Waals surface area contributed by atoms with Crippen LogP contribution in [-0.4, -0.2) is 114 Å². The van der Waals surface area contributed by atoms with Crippen LogP contribution < -0.4 is 14.9 Å². The first-order chi connectivity index (χ1) is 32.2.